The van der Waals surface area contributed by atoms with Crippen molar-refractivity contribution in [1.82, 2.24) is 5.01 Å². The Kier molecular flexibility index (Phi) is 0.195. The number of rotatable bonds is 1. The van der Waals surface area contributed by atoms with E-state index in [-0.39, 0.29) is 5.01 Å². The highest BCUT2D eigenvalue weighted by molar-refractivity contribution is 4.07. The van der Waals surface area contributed by atoms with Crippen LogP contribution < -0.4 is 0 Å². The molecule has 3 nitrogen and oxygen atoms in total. The Morgan fingerprint density at radius 2 is 2.60 bits per heavy atom. The van der Waals surface area contributed by atoms with Crippen LogP contribution in [-0.4, -0.2) is 19.0 Å². The topological polar surface area (TPSA) is 39.5 Å². The molecule has 0 unspecified atom stereocenters. The lowest BCUT2D eigenvalue weighted by atomic mass is 11.2. The van der Waals surface area contributed by atoms with E-state index < -0.39 is 14.0 Å². The summed E-state index contributed by atoms with van der Waals surface area (Å²) in [5, 5.41) is 2.18. The summed E-state index contributed by atoms with van der Waals surface area (Å²) < 4.78 is 39.8. The van der Waals surface area contributed by atoms with Crippen LogP contribution in [0.5, 0.6) is 0 Å². The molecule has 0 atom stereocenters. The quantitative estimate of drug-likeness (QED) is 0.360. The van der Waals surface area contributed by atoms with Gasteiger partial charge in [0.2, 0.25) is 0 Å². The lowest BCUT2D eigenvalue weighted by Gasteiger charge is -1.94. The van der Waals surface area contributed by atoms with Gasteiger partial charge in [-0.15, -0.1) is 0 Å². The number of nitrogens with one attached hydrogen (secondary N) is 1. The van der Waals surface area contributed by atoms with Crippen LogP contribution in [0.1, 0.15) is 8.22 Å². The summed E-state index contributed by atoms with van der Waals surface area (Å²) in [5.41, 5.74) is 6.30. The van der Waals surface area contributed by atoms with Crippen molar-refractivity contribution in [3.8, 4) is 0 Å². The molecule has 0 radical (unpaired) electrons. The molecular formula is C2H7N3. The van der Waals surface area contributed by atoms with Crippen molar-refractivity contribution in [2.45, 2.75) is 0 Å². The maximum absolute atomic E-state index is 6.63. The van der Waals surface area contributed by atoms with Crippen molar-refractivity contribution in [3.05, 3.63) is 0 Å². The fraction of sp³-hybridized carbons (Fsp3) is 1.00. The maximum Gasteiger partial charge on any atom is 0.0475 e. The largest absolute Gasteiger partial charge is 0.285 e. The highest BCUT2D eigenvalue weighted by atomic mass is 15.5. The minimum absolute atomic E-state index is 0.208. The smallest absolute Gasteiger partial charge is 0.0475 e. The lowest BCUT2D eigenvalue weighted by molar-refractivity contribution is 0.393. The Morgan fingerprint density at radius 1 is 2.00 bits per heavy atom. The molecule has 0 fully saturated rings. The van der Waals surface area contributed by atoms with E-state index in [0.29, 0.717) is 0 Å². The number of hydrogen-bond acceptors (Lipinski definition) is 2. The first-order chi connectivity index (χ1) is 4.69. The molecule has 1 N–H and O–H groups in total. The SMILES string of the molecule is [2H]C([2H])([2H])N(N=N)C([2H])([2H])[2H]. The van der Waals surface area contributed by atoms with Crippen molar-refractivity contribution in [2.24, 2.45) is 5.22 Å². The fourth-order valence-electron chi connectivity index (χ4n) is 0. The second-order valence-electron chi connectivity index (χ2n) is 0.412. The summed E-state index contributed by atoms with van der Waals surface area (Å²) >= 11 is 0. The average Bonchev–Trinajstić information content (AvgIpc) is 1.56. The molecule has 0 aliphatic heterocycles. The van der Waals surface area contributed by atoms with Crippen LogP contribution in [0, 0.1) is 5.53 Å². The molecule has 0 aliphatic rings. The summed E-state index contributed by atoms with van der Waals surface area (Å²) in [6.45, 7) is -5.76. The van der Waals surface area contributed by atoms with Crippen LogP contribution in [0.15, 0.2) is 5.22 Å². The maximum atomic E-state index is 6.63. The molecule has 0 aromatic rings. The first-order valence-electron chi connectivity index (χ1n) is 3.87. The van der Waals surface area contributed by atoms with Gasteiger partial charge in [0, 0.05) is 22.2 Å². The van der Waals surface area contributed by atoms with Gasteiger partial charge in [0.05, 0.1) is 0 Å². The summed E-state index contributed by atoms with van der Waals surface area (Å²) in [4.78, 5) is 0. The zero-order chi connectivity index (χ0) is 9.28. The molecule has 0 spiro atoms. The van der Waals surface area contributed by atoms with E-state index >= 15 is 0 Å². The Labute approximate surface area is 39.5 Å². The second kappa shape index (κ2) is 1.69. The molecule has 0 rings (SSSR count). The van der Waals surface area contributed by atoms with E-state index in [1.165, 1.54) is 0 Å². The van der Waals surface area contributed by atoms with Crippen LogP contribution in [-0.2, 0) is 0 Å². The van der Waals surface area contributed by atoms with Crippen LogP contribution in [0.2, 0.25) is 0 Å². The zero-order valence-electron chi connectivity index (χ0n) is 8.39. The average molecular weight is 79.1 g/mol. The van der Waals surface area contributed by atoms with Gasteiger partial charge in [-0.3, -0.25) is 5.01 Å². The molecular weight excluding hydrogens is 66.0 g/mol. The first kappa shape index (κ1) is 0.576. The van der Waals surface area contributed by atoms with E-state index in [4.69, 9.17) is 13.8 Å². The van der Waals surface area contributed by atoms with Gasteiger partial charge in [0.1, 0.15) is 0 Å². The third-order valence-electron chi connectivity index (χ3n) is 0.100. The number of hydrogen-bond donors (Lipinski definition) is 1. The van der Waals surface area contributed by atoms with Gasteiger partial charge in [-0.2, -0.15) is 5.53 Å². The summed E-state index contributed by atoms with van der Waals surface area (Å²) in [7, 11) is 0. The van der Waals surface area contributed by atoms with Gasteiger partial charge in [0.25, 0.3) is 0 Å². The minimum atomic E-state index is -2.88. The van der Waals surface area contributed by atoms with Gasteiger partial charge in [0.15, 0.2) is 0 Å². The highest BCUT2D eigenvalue weighted by Gasteiger charge is 1.64. The molecule has 0 aliphatic carbocycles. The van der Waals surface area contributed by atoms with E-state index in [2.05, 4.69) is 5.22 Å². The predicted molar refractivity (Wildman–Crippen MR) is 18.8 cm³/mol. The Hall–Kier alpha value is -0.600. The molecule has 0 aromatic carbocycles. The Morgan fingerprint density at radius 3 is 2.60 bits per heavy atom. The molecule has 3 heteroatoms. The van der Waals surface area contributed by atoms with Crippen molar-refractivity contribution in [3.63, 3.8) is 0 Å². The van der Waals surface area contributed by atoms with E-state index in [1.54, 1.807) is 0 Å². The number of nitrogens with zero attached hydrogens (tertiary/aromatic N) is 2. The second-order valence-corrected chi connectivity index (χ2v) is 0.412. The third kappa shape index (κ3) is 3.40. The summed E-state index contributed by atoms with van der Waals surface area (Å²) in [5.74, 6) is 0. The molecule has 0 amide bonds. The van der Waals surface area contributed by atoms with Gasteiger partial charge < -0.3 is 0 Å². The van der Waals surface area contributed by atoms with Gasteiger partial charge >= 0.3 is 0 Å². The van der Waals surface area contributed by atoms with Crippen LogP contribution in [0.25, 0.3) is 0 Å². The summed E-state index contributed by atoms with van der Waals surface area (Å²) in [6.07, 6.45) is 0. The Balaban J connectivity index is 4.56. The fourth-order valence-corrected chi connectivity index (χ4v) is 0. The van der Waals surface area contributed by atoms with Gasteiger partial charge in [-0.05, 0) is 0 Å². The zero-order valence-corrected chi connectivity index (χ0v) is 2.39. The van der Waals surface area contributed by atoms with Crippen LogP contribution in [0.4, 0.5) is 0 Å². The van der Waals surface area contributed by atoms with Crippen molar-refractivity contribution < 1.29 is 8.22 Å². The molecule has 5 heavy (non-hydrogen) atoms. The molecule has 0 heterocycles. The van der Waals surface area contributed by atoms with Crippen LogP contribution in [0.3, 0.4) is 0 Å². The Bertz CT molecular complexity index is 131. The lowest BCUT2D eigenvalue weighted by Crippen LogP contribution is -1.97. The third-order valence-corrected chi connectivity index (χ3v) is 0.100. The van der Waals surface area contributed by atoms with Crippen molar-refractivity contribution >= 4 is 0 Å². The van der Waals surface area contributed by atoms with Crippen molar-refractivity contribution in [1.29, 1.82) is 5.53 Å². The van der Waals surface area contributed by atoms with Crippen molar-refractivity contribution in [2.75, 3.05) is 14.0 Å². The normalized spacial score (nSPS) is 29.6. The van der Waals surface area contributed by atoms with E-state index in [0.717, 1.165) is 0 Å². The molecule has 0 saturated heterocycles. The van der Waals surface area contributed by atoms with Crippen LogP contribution >= 0.6 is 0 Å². The molecule has 0 bridgehead atoms. The molecule has 30 valence electrons. The minimum Gasteiger partial charge on any atom is -0.285 e. The monoisotopic (exact) mass is 79.1 g/mol. The van der Waals surface area contributed by atoms with E-state index in [9.17, 15) is 0 Å². The highest BCUT2D eigenvalue weighted by Crippen LogP contribution is 1.64. The predicted octanol–water partition coefficient (Wildman–Crippen LogP) is 0.494. The summed E-state index contributed by atoms with van der Waals surface area (Å²) in [6, 6.07) is 0. The molecule has 0 aromatic heterocycles. The standard InChI is InChI=1S/C2H7N3/c1-5(2)4-3/h3H,1-2H3/i1D3,2D3. The van der Waals surface area contributed by atoms with Gasteiger partial charge in [-0.1, -0.05) is 5.22 Å². The molecule has 0 saturated carbocycles. The van der Waals surface area contributed by atoms with E-state index in [1.807, 2.05) is 0 Å². The first-order valence-corrected chi connectivity index (χ1v) is 0.871. The van der Waals surface area contributed by atoms with Gasteiger partial charge in [-0.25, -0.2) is 0 Å².